The van der Waals surface area contributed by atoms with Crippen LogP contribution >= 0.6 is 63.7 Å². The lowest BCUT2D eigenvalue weighted by Crippen LogP contribution is -2.29. The van der Waals surface area contributed by atoms with Gasteiger partial charge in [0.25, 0.3) is 12.9 Å². The fraction of sp³-hybridized carbons (Fsp3) is 0.160. The molecule has 0 saturated heterocycles. The van der Waals surface area contributed by atoms with E-state index in [2.05, 4.69) is 151 Å². The molecule has 0 spiro atoms. The van der Waals surface area contributed by atoms with Crippen LogP contribution in [0.2, 0.25) is 0 Å². The molecular formula is C50H38Br4O6. The molecule has 0 atom stereocenters. The van der Waals surface area contributed by atoms with Crippen molar-refractivity contribution in [1.82, 2.24) is 0 Å². The first-order valence-corrected chi connectivity index (χ1v) is 22.2. The Balaban J connectivity index is 0.000000185. The molecule has 2 aliphatic carbocycles. The lowest BCUT2D eigenvalue weighted by atomic mass is 9.67. The monoisotopic (exact) mass is 1050 g/mol. The van der Waals surface area contributed by atoms with Gasteiger partial charge in [-0.1, -0.05) is 106 Å². The minimum absolute atomic E-state index is 0.00210. The van der Waals surface area contributed by atoms with Gasteiger partial charge in [-0.2, -0.15) is 0 Å². The number of carbonyl (C=O) groups excluding carboxylic acids is 2. The Bertz CT molecular complexity index is 2790. The molecule has 6 nitrogen and oxygen atoms in total. The van der Waals surface area contributed by atoms with Crippen molar-refractivity contribution in [2.24, 2.45) is 0 Å². The van der Waals surface area contributed by atoms with Gasteiger partial charge in [0.1, 0.15) is 0 Å². The molecule has 0 amide bonds. The van der Waals surface area contributed by atoms with E-state index in [1.807, 2.05) is 37.3 Å². The van der Waals surface area contributed by atoms with Crippen LogP contribution in [-0.4, -0.2) is 27.2 Å². The molecule has 0 unspecified atom stereocenters. The molecule has 0 saturated carbocycles. The lowest BCUT2D eigenvalue weighted by molar-refractivity contribution is -0.121. The Morgan fingerprint density at radius 1 is 0.533 bits per heavy atom. The number of carbonyl (C=O) groups is 2. The Labute approximate surface area is 382 Å². The highest BCUT2D eigenvalue weighted by atomic mass is 79.9. The summed E-state index contributed by atoms with van der Waals surface area (Å²) < 4.78 is 25.8. The number of hydrogen-bond acceptors (Lipinski definition) is 6. The van der Waals surface area contributed by atoms with Gasteiger partial charge in [-0.25, -0.2) is 0 Å². The predicted molar refractivity (Wildman–Crippen MR) is 252 cm³/mol. The van der Waals surface area contributed by atoms with Crippen molar-refractivity contribution in [2.45, 2.75) is 38.5 Å². The quantitative estimate of drug-likeness (QED) is 0.141. The van der Waals surface area contributed by atoms with Crippen LogP contribution < -0.4 is 18.9 Å². The predicted octanol–water partition coefficient (Wildman–Crippen LogP) is 14.0. The maximum Gasteiger partial charge on any atom is 0.298 e. The van der Waals surface area contributed by atoms with Crippen molar-refractivity contribution in [2.75, 3.05) is 14.2 Å². The van der Waals surface area contributed by atoms with E-state index < -0.39 is 5.41 Å². The highest BCUT2D eigenvalue weighted by Gasteiger charge is 2.47. The fourth-order valence-corrected chi connectivity index (χ4v) is 10.7. The maximum absolute atomic E-state index is 11.4. The van der Waals surface area contributed by atoms with Crippen LogP contribution in [0.5, 0.6) is 23.0 Å². The molecule has 7 aromatic rings. The van der Waals surface area contributed by atoms with E-state index in [0.717, 1.165) is 56.8 Å². The Hall–Kier alpha value is -4.74. The molecule has 0 bridgehead atoms. The van der Waals surface area contributed by atoms with Crippen LogP contribution in [0, 0.1) is 13.8 Å². The van der Waals surface area contributed by atoms with Crippen LogP contribution in [0.4, 0.5) is 0 Å². The largest absolute Gasteiger partial charge is 0.493 e. The molecule has 9 rings (SSSR count). The summed E-state index contributed by atoms with van der Waals surface area (Å²) in [6, 6.07) is 37.1. The molecular weight excluding hydrogens is 1020 g/mol. The van der Waals surface area contributed by atoms with Crippen LogP contribution in [0.3, 0.4) is 0 Å². The topological polar surface area (TPSA) is 71.1 Å². The number of halogens is 4. The second-order valence-electron chi connectivity index (χ2n) is 15.4. The van der Waals surface area contributed by atoms with Crippen LogP contribution in [0.25, 0.3) is 33.0 Å². The van der Waals surface area contributed by atoms with E-state index in [0.29, 0.717) is 35.9 Å². The smallest absolute Gasteiger partial charge is 0.298 e. The standard InChI is InChI=1S/C30H23BrO6.C20H15Br3/c1-18-4-8-22-23-9-7-21(31)15-25(23)30(24(22)12-18,19-5-10-26(34-2)28(13-19)36-16-32)20-6-11-27(35-3)29(14-20)37-17-33;1-10-7-14-18(19-11(10)5-4-6-15(19)21)12-8-16(22)17(23)9-13(12)20(14,2)3/h4-17H,1-3H3;4-9H,1-3H3. The zero-order valence-corrected chi connectivity index (χ0v) is 39.9. The third-order valence-corrected chi connectivity index (χ3v) is 14.8. The average molecular weight is 1050 g/mol. The molecule has 60 heavy (non-hydrogen) atoms. The minimum Gasteiger partial charge on any atom is -0.493 e. The van der Waals surface area contributed by atoms with Crippen molar-refractivity contribution < 1.29 is 28.5 Å². The molecule has 0 radical (unpaired) electrons. The van der Waals surface area contributed by atoms with Crippen LogP contribution in [-0.2, 0) is 20.4 Å². The molecule has 0 aromatic heterocycles. The van der Waals surface area contributed by atoms with Crippen molar-refractivity contribution in [3.8, 4) is 45.3 Å². The SMILES string of the molecule is COc1ccc(C2(c3ccc(OC)c(OC=O)c3)c3cc(C)ccc3-c3ccc(Br)cc32)cc1OC=O.Cc1cc2c(c3c(Br)cccc13)-c1cc(Br)c(Br)cc1C2(C)C. The summed E-state index contributed by atoms with van der Waals surface area (Å²) in [6.07, 6.45) is 0. The lowest BCUT2D eigenvalue weighted by Gasteiger charge is -2.34. The number of ether oxygens (including phenoxy) is 4. The van der Waals surface area contributed by atoms with Gasteiger partial charge >= 0.3 is 0 Å². The molecule has 10 heteroatoms. The second kappa shape index (κ2) is 16.3. The van der Waals surface area contributed by atoms with E-state index in [9.17, 15) is 9.59 Å². The van der Waals surface area contributed by atoms with E-state index in [1.165, 1.54) is 52.8 Å². The number of benzene rings is 7. The summed E-state index contributed by atoms with van der Waals surface area (Å²) in [5.41, 5.74) is 13.0. The van der Waals surface area contributed by atoms with Gasteiger partial charge in [0, 0.05) is 28.7 Å². The summed E-state index contributed by atoms with van der Waals surface area (Å²) in [5, 5.41) is 2.64. The second-order valence-corrected chi connectivity index (χ2v) is 18.8. The fourth-order valence-electron chi connectivity index (χ4n) is 9.10. The summed E-state index contributed by atoms with van der Waals surface area (Å²) in [4.78, 5) is 22.7. The van der Waals surface area contributed by atoms with E-state index >= 15 is 0 Å². The van der Waals surface area contributed by atoms with Gasteiger partial charge < -0.3 is 18.9 Å². The highest BCUT2D eigenvalue weighted by Crippen LogP contribution is 2.59. The third kappa shape index (κ3) is 6.71. The molecule has 0 fully saturated rings. The van der Waals surface area contributed by atoms with E-state index in [1.54, 1.807) is 12.1 Å². The minimum atomic E-state index is -0.846. The molecule has 0 aliphatic heterocycles. The van der Waals surface area contributed by atoms with Gasteiger partial charge in [0.05, 0.1) is 19.6 Å². The van der Waals surface area contributed by atoms with Gasteiger partial charge in [-0.05, 0) is 167 Å². The van der Waals surface area contributed by atoms with Gasteiger partial charge in [-0.15, -0.1) is 0 Å². The van der Waals surface area contributed by atoms with Crippen LogP contribution in [0.15, 0.2) is 127 Å². The first-order chi connectivity index (χ1) is 28.8. The maximum atomic E-state index is 11.4. The normalized spacial score (nSPS) is 13.6. The molecule has 7 aromatic carbocycles. The van der Waals surface area contributed by atoms with Crippen molar-refractivity contribution >= 4 is 87.4 Å². The summed E-state index contributed by atoms with van der Waals surface area (Å²) >= 11 is 14.8. The van der Waals surface area contributed by atoms with E-state index in [4.69, 9.17) is 18.9 Å². The van der Waals surface area contributed by atoms with Gasteiger partial charge in [-0.3, -0.25) is 9.59 Å². The summed E-state index contributed by atoms with van der Waals surface area (Å²) in [6.45, 7) is 9.66. The highest BCUT2D eigenvalue weighted by molar-refractivity contribution is 9.13. The molecule has 302 valence electrons. The number of methoxy groups -OCH3 is 2. The Morgan fingerprint density at radius 2 is 1.12 bits per heavy atom. The Kier molecular flexibility index (Phi) is 11.4. The van der Waals surface area contributed by atoms with Crippen LogP contribution in [0.1, 0.15) is 58.4 Å². The third-order valence-electron chi connectivity index (χ3n) is 11.8. The average Bonchev–Trinajstić information content (AvgIpc) is 3.62. The molecule has 0 N–H and O–H groups in total. The number of aryl methyl sites for hydroxylation is 2. The van der Waals surface area contributed by atoms with Gasteiger partial charge in [0.2, 0.25) is 0 Å². The van der Waals surface area contributed by atoms with E-state index in [-0.39, 0.29) is 5.41 Å². The van der Waals surface area contributed by atoms with Crippen molar-refractivity contribution in [1.29, 1.82) is 0 Å². The Morgan fingerprint density at radius 3 is 1.72 bits per heavy atom. The first-order valence-electron chi connectivity index (χ1n) is 19.0. The molecule has 2 aliphatic rings. The first kappa shape index (κ1) is 42.0. The van der Waals surface area contributed by atoms with Gasteiger partial charge in [0.15, 0.2) is 23.0 Å². The summed E-state index contributed by atoms with van der Waals surface area (Å²) in [5.74, 6) is 1.46. The molecule has 0 heterocycles. The zero-order chi connectivity index (χ0) is 42.7. The number of fused-ring (bicyclic) bond motifs is 8. The summed E-state index contributed by atoms with van der Waals surface area (Å²) in [7, 11) is 3.05. The van der Waals surface area contributed by atoms with Crippen molar-refractivity contribution in [3.05, 3.63) is 172 Å². The number of rotatable bonds is 8. The zero-order valence-electron chi connectivity index (χ0n) is 33.5. The number of hydrogen-bond donors (Lipinski definition) is 0. The van der Waals surface area contributed by atoms with Crippen molar-refractivity contribution in [3.63, 3.8) is 0 Å².